The molecule has 5 nitrogen and oxygen atoms in total. The molecule has 1 fully saturated rings. The molecule has 0 aromatic heterocycles. The highest BCUT2D eigenvalue weighted by Gasteiger charge is 2.18. The number of carbonyl (C=O) groups excluding carboxylic acids is 1. The van der Waals surface area contributed by atoms with Gasteiger partial charge in [0.05, 0.1) is 6.61 Å². The topological polar surface area (TPSA) is 44.8 Å². The van der Waals surface area contributed by atoms with Gasteiger partial charge in [0.15, 0.2) is 0 Å². The number of nitrogens with one attached hydrogen (secondary N) is 1. The molecular formula is C26H28FN3O2. The van der Waals surface area contributed by atoms with Crippen molar-refractivity contribution in [2.75, 3.05) is 43.0 Å². The first-order valence-electron chi connectivity index (χ1n) is 11.0. The van der Waals surface area contributed by atoms with E-state index in [4.69, 9.17) is 4.74 Å². The minimum absolute atomic E-state index is 0.141. The number of hydrogen-bond acceptors (Lipinski definition) is 4. The molecule has 1 N–H and O–H groups in total. The van der Waals surface area contributed by atoms with Crippen LogP contribution < -0.4 is 15.0 Å². The van der Waals surface area contributed by atoms with Crippen molar-refractivity contribution in [2.24, 2.45) is 0 Å². The fraction of sp³-hybridized carbons (Fsp3) is 0.269. The van der Waals surface area contributed by atoms with E-state index < -0.39 is 0 Å². The average molecular weight is 434 g/mol. The van der Waals surface area contributed by atoms with Gasteiger partial charge in [0.2, 0.25) is 0 Å². The van der Waals surface area contributed by atoms with Crippen LogP contribution >= 0.6 is 0 Å². The Balaban J connectivity index is 1.31. The van der Waals surface area contributed by atoms with Crippen molar-refractivity contribution in [3.63, 3.8) is 0 Å². The molecule has 1 aliphatic rings. The second-order valence-electron chi connectivity index (χ2n) is 7.82. The Hall–Kier alpha value is -3.38. The van der Waals surface area contributed by atoms with E-state index in [2.05, 4.69) is 15.1 Å². The van der Waals surface area contributed by atoms with Gasteiger partial charge in [-0.1, -0.05) is 24.3 Å². The van der Waals surface area contributed by atoms with Crippen LogP contribution in [0.3, 0.4) is 0 Å². The molecule has 1 aliphatic heterocycles. The van der Waals surface area contributed by atoms with Crippen molar-refractivity contribution in [1.29, 1.82) is 0 Å². The zero-order valence-electron chi connectivity index (χ0n) is 18.3. The van der Waals surface area contributed by atoms with Crippen molar-refractivity contribution in [2.45, 2.75) is 13.5 Å². The molecule has 32 heavy (non-hydrogen) atoms. The summed E-state index contributed by atoms with van der Waals surface area (Å²) < 4.78 is 19.4. The van der Waals surface area contributed by atoms with Crippen molar-refractivity contribution in [3.8, 4) is 5.75 Å². The second-order valence-corrected chi connectivity index (χ2v) is 7.82. The smallest absolute Gasteiger partial charge is 0.255 e. The SMILES string of the molecule is CCOc1cccc(C(=O)Nc2ccc(N3CCN(Cc4ccccc4F)CC3)cc2)c1. The number of rotatable bonds is 7. The van der Waals surface area contributed by atoms with Crippen LogP contribution in [0.25, 0.3) is 0 Å². The third kappa shape index (κ3) is 5.45. The van der Waals surface area contributed by atoms with Gasteiger partial charge in [-0.2, -0.15) is 0 Å². The van der Waals surface area contributed by atoms with E-state index in [0.29, 0.717) is 24.5 Å². The lowest BCUT2D eigenvalue weighted by Crippen LogP contribution is -2.46. The largest absolute Gasteiger partial charge is 0.494 e. The Morgan fingerprint density at radius 3 is 2.44 bits per heavy atom. The summed E-state index contributed by atoms with van der Waals surface area (Å²) in [5, 5.41) is 2.94. The van der Waals surface area contributed by atoms with Crippen LogP contribution in [0.15, 0.2) is 72.8 Å². The number of anilines is 2. The zero-order valence-corrected chi connectivity index (χ0v) is 18.3. The quantitative estimate of drug-likeness (QED) is 0.581. The summed E-state index contributed by atoms with van der Waals surface area (Å²) in [7, 11) is 0. The van der Waals surface area contributed by atoms with Crippen LogP contribution in [0.2, 0.25) is 0 Å². The van der Waals surface area contributed by atoms with Crippen molar-refractivity contribution in [1.82, 2.24) is 4.90 Å². The van der Waals surface area contributed by atoms with Crippen LogP contribution in [0, 0.1) is 5.82 Å². The fourth-order valence-corrected chi connectivity index (χ4v) is 3.88. The highest BCUT2D eigenvalue weighted by Crippen LogP contribution is 2.21. The summed E-state index contributed by atoms with van der Waals surface area (Å²) in [6.07, 6.45) is 0. The maximum Gasteiger partial charge on any atom is 0.255 e. The van der Waals surface area contributed by atoms with E-state index in [1.54, 1.807) is 18.2 Å². The first kappa shape index (κ1) is 21.8. The molecule has 1 heterocycles. The minimum atomic E-state index is -0.166. The average Bonchev–Trinajstić information content (AvgIpc) is 2.82. The molecule has 166 valence electrons. The molecule has 0 unspecified atom stereocenters. The summed E-state index contributed by atoms with van der Waals surface area (Å²) >= 11 is 0. The summed E-state index contributed by atoms with van der Waals surface area (Å²) in [5.41, 5.74) is 3.17. The van der Waals surface area contributed by atoms with E-state index in [9.17, 15) is 9.18 Å². The molecule has 3 aromatic rings. The minimum Gasteiger partial charge on any atom is -0.494 e. The van der Waals surface area contributed by atoms with E-state index in [-0.39, 0.29) is 11.7 Å². The van der Waals surface area contributed by atoms with Gasteiger partial charge in [0, 0.05) is 55.2 Å². The molecule has 0 atom stereocenters. The van der Waals surface area contributed by atoms with Crippen molar-refractivity contribution >= 4 is 17.3 Å². The summed E-state index contributed by atoms with van der Waals surface area (Å²) in [6, 6.07) is 22.0. The van der Waals surface area contributed by atoms with E-state index in [1.807, 2.05) is 55.5 Å². The lowest BCUT2D eigenvalue weighted by atomic mass is 10.1. The molecule has 0 bridgehead atoms. The fourth-order valence-electron chi connectivity index (χ4n) is 3.88. The van der Waals surface area contributed by atoms with E-state index in [0.717, 1.165) is 43.1 Å². The van der Waals surface area contributed by atoms with Gasteiger partial charge in [-0.15, -0.1) is 0 Å². The molecule has 4 rings (SSSR count). The Morgan fingerprint density at radius 2 is 1.72 bits per heavy atom. The number of nitrogens with zero attached hydrogens (tertiary/aromatic N) is 2. The number of amides is 1. The third-order valence-corrected chi connectivity index (χ3v) is 5.62. The van der Waals surface area contributed by atoms with E-state index in [1.165, 1.54) is 6.07 Å². The Bertz CT molecular complexity index is 1050. The van der Waals surface area contributed by atoms with Gasteiger partial charge < -0.3 is 15.0 Å². The maximum atomic E-state index is 13.9. The first-order chi connectivity index (χ1) is 15.6. The van der Waals surface area contributed by atoms with Crippen molar-refractivity contribution < 1.29 is 13.9 Å². The molecule has 0 aliphatic carbocycles. The third-order valence-electron chi connectivity index (χ3n) is 5.62. The highest BCUT2D eigenvalue weighted by molar-refractivity contribution is 6.04. The van der Waals surface area contributed by atoms with Crippen LogP contribution in [0.5, 0.6) is 5.75 Å². The Labute approximate surface area is 188 Å². The maximum absolute atomic E-state index is 13.9. The molecule has 3 aromatic carbocycles. The monoisotopic (exact) mass is 433 g/mol. The highest BCUT2D eigenvalue weighted by atomic mass is 19.1. The van der Waals surface area contributed by atoms with Crippen LogP contribution in [0.1, 0.15) is 22.8 Å². The number of benzene rings is 3. The normalized spacial score (nSPS) is 14.2. The first-order valence-corrected chi connectivity index (χ1v) is 11.0. The standard InChI is InChI=1S/C26H28FN3O2/c1-2-32-24-8-5-7-20(18-24)26(31)28-22-10-12-23(13-11-22)30-16-14-29(15-17-30)19-21-6-3-4-9-25(21)27/h3-13,18H,2,14-17,19H2,1H3,(H,28,31). The van der Waals surface area contributed by atoms with Crippen LogP contribution in [0.4, 0.5) is 15.8 Å². The molecule has 0 saturated carbocycles. The number of ether oxygens (including phenoxy) is 1. The number of hydrogen-bond donors (Lipinski definition) is 1. The molecule has 0 radical (unpaired) electrons. The Morgan fingerprint density at radius 1 is 0.969 bits per heavy atom. The van der Waals surface area contributed by atoms with Gasteiger partial charge in [-0.25, -0.2) is 4.39 Å². The molecule has 1 saturated heterocycles. The predicted octanol–water partition coefficient (Wildman–Crippen LogP) is 4.80. The van der Waals surface area contributed by atoms with Gasteiger partial charge in [0.1, 0.15) is 11.6 Å². The van der Waals surface area contributed by atoms with Gasteiger partial charge in [0.25, 0.3) is 5.91 Å². The second kappa shape index (κ2) is 10.3. The molecular weight excluding hydrogens is 405 g/mol. The number of piperazine rings is 1. The van der Waals surface area contributed by atoms with Gasteiger partial charge >= 0.3 is 0 Å². The molecule has 1 amide bonds. The summed E-state index contributed by atoms with van der Waals surface area (Å²) in [6.45, 7) is 6.62. The van der Waals surface area contributed by atoms with Gasteiger partial charge in [-0.3, -0.25) is 9.69 Å². The molecule has 0 spiro atoms. The van der Waals surface area contributed by atoms with Gasteiger partial charge in [-0.05, 0) is 55.5 Å². The predicted molar refractivity (Wildman–Crippen MR) is 126 cm³/mol. The summed E-state index contributed by atoms with van der Waals surface area (Å²) in [5.74, 6) is 0.378. The molecule has 6 heteroatoms. The van der Waals surface area contributed by atoms with E-state index >= 15 is 0 Å². The Kier molecular flexibility index (Phi) is 7.02. The zero-order chi connectivity index (χ0) is 22.3. The van der Waals surface area contributed by atoms with Crippen LogP contribution in [-0.4, -0.2) is 43.6 Å². The lowest BCUT2D eigenvalue weighted by Gasteiger charge is -2.36. The van der Waals surface area contributed by atoms with Crippen LogP contribution in [-0.2, 0) is 6.54 Å². The summed E-state index contributed by atoms with van der Waals surface area (Å²) in [4.78, 5) is 17.2. The lowest BCUT2D eigenvalue weighted by molar-refractivity contribution is 0.102. The van der Waals surface area contributed by atoms with Crippen molar-refractivity contribution in [3.05, 3.63) is 89.7 Å². The number of halogens is 1. The number of carbonyl (C=O) groups is 1.